The van der Waals surface area contributed by atoms with Crippen molar-refractivity contribution in [3.63, 3.8) is 0 Å². The minimum absolute atomic E-state index is 0.00562. The van der Waals surface area contributed by atoms with Gasteiger partial charge in [0.25, 0.3) is 0 Å². The molecule has 1 aliphatic rings. The van der Waals surface area contributed by atoms with Gasteiger partial charge in [-0.15, -0.1) is 0 Å². The van der Waals surface area contributed by atoms with Gasteiger partial charge in [0.15, 0.2) is 0 Å². The highest BCUT2D eigenvalue weighted by Gasteiger charge is 2.40. The van der Waals surface area contributed by atoms with Crippen molar-refractivity contribution in [2.75, 3.05) is 6.54 Å². The van der Waals surface area contributed by atoms with Crippen LogP contribution in [0.1, 0.15) is 39.3 Å². The summed E-state index contributed by atoms with van der Waals surface area (Å²) in [5.41, 5.74) is 1.22. The van der Waals surface area contributed by atoms with Crippen LogP contribution in [0.3, 0.4) is 0 Å². The molecular formula is C13H20N2O. The number of amides is 1. The fourth-order valence-electron chi connectivity index (χ4n) is 2.80. The van der Waals surface area contributed by atoms with Crippen molar-refractivity contribution in [1.29, 1.82) is 0 Å². The van der Waals surface area contributed by atoms with E-state index < -0.39 is 0 Å². The van der Waals surface area contributed by atoms with Gasteiger partial charge in [-0.05, 0) is 25.0 Å². The van der Waals surface area contributed by atoms with Crippen LogP contribution in [-0.2, 0) is 10.2 Å². The standard InChI is InChI=1S/C13H20N2O/c1-10(16)15-9-5-7-12(15)13(2,3)11-6-4-8-14-11/h4,6,8,12,14H,5,7,9H2,1-3H3. The maximum atomic E-state index is 11.6. The Labute approximate surface area is 96.8 Å². The fourth-order valence-corrected chi connectivity index (χ4v) is 2.80. The lowest BCUT2D eigenvalue weighted by atomic mass is 9.80. The van der Waals surface area contributed by atoms with E-state index in [1.54, 1.807) is 6.92 Å². The van der Waals surface area contributed by atoms with E-state index in [-0.39, 0.29) is 11.3 Å². The summed E-state index contributed by atoms with van der Waals surface area (Å²) in [6, 6.07) is 4.45. The van der Waals surface area contributed by atoms with Crippen LogP contribution >= 0.6 is 0 Å². The molecule has 1 saturated heterocycles. The minimum atomic E-state index is 0.00562. The van der Waals surface area contributed by atoms with E-state index in [1.807, 2.05) is 17.2 Å². The topological polar surface area (TPSA) is 36.1 Å². The van der Waals surface area contributed by atoms with Crippen LogP contribution in [0.5, 0.6) is 0 Å². The van der Waals surface area contributed by atoms with Gasteiger partial charge in [-0.3, -0.25) is 4.79 Å². The van der Waals surface area contributed by atoms with E-state index >= 15 is 0 Å². The number of nitrogens with zero attached hydrogens (tertiary/aromatic N) is 1. The highest BCUT2D eigenvalue weighted by Crippen LogP contribution is 2.35. The zero-order valence-corrected chi connectivity index (χ0v) is 10.3. The maximum absolute atomic E-state index is 11.6. The van der Waals surface area contributed by atoms with Crippen LogP contribution < -0.4 is 0 Å². The second-order valence-electron chi connectivity index (χ2n) is 5.18. The van der Waals surface area contributed by atoms with Gasteiger partial charge in [0, 0.05) is 36.8 Å². The molecule has 1 N–H and O–H groups in total. The number of aromatic amines is 1. The van der Waals surface area contributed by atoms with E-state index in [1.165, 1.54) is 5.69 Å². The summed E-state index contributed by atoms with van der Waals surface area (Å²) in [4.78, 5) is 16.9. The number of hydrogen-bond donors (Lipinski definition) is 1. The smallest absolute Gasteiger partial charge is 0.219 e. The Morgan fingerprint density at radius 2 is 2.31 bits per heavy atom. The lowest BCUT2D eigenvalue weighted by Gasteiger charge is -2.37. The van der Waals surface area contributed by atoms with Crippen molar-refractivity contribution in [2.24, 2.45) is 0 Å². The Kier molecular flexibility index (Phi) is 2.78. The molecule has 3 heteroatoms. The summed E-state index contributed by atoms with van der Waals surface area (Å²) in [5.74, 6) is 0.196. The molecule has 0 aliphatic carbocycles. The van der Waals surface area contributed by atoms with Crippen molar-refractivity contribution >= 4 is 5.91 Å². The van der Waals surface area contributed by atoms with Crippen molar-refractivity contribution in [3.8, 4) is 0 Å². The average Bonchev–Trinajstić information content (AvgIpc) is 2.89. The number of carbonyl (C=O) groups excluding carboxylic acids is 1. The highest BCUT2D eigenvalue weighted by atomic mass is 16.2. The summed E-state index contributed by atoms with van der Waals surface area (Å²) in [6.07, 6.45) is 4.17. The van der Waals surface area contributed by atoms with Crippen LogP contribution in [0.2, 0.25) is 0 Å². The molecule has 1 amide bonds. The van der Waals surface area contributed by atoms with Gasteiger partial charge in [0.2, 0.25) is 5.91 Å². The molecule has 88 valence electrons. The summed E-state index contributed by atoms with van der Waals surface area (Å²) >= 11 is 0. The van der Waals surface area contributed by atoms with Gasteiger partial charge in [0.1, 0.15) is 0 Å². The van der Waals surface area contributed by atoms with Gasteiger partial charge in [-0.1, -0.05) is 13.8 Å². The first-order valence-electron chi connectivity index (χ1n) is 5.94. The SMILES string of the molecule is CC(=O)N1CCCC1C(C)(C)c1ccc[nH]1. The quantitative estimate of drug-likeness (QED) is 0.815. The van der Waals surface area contributed by atoms with Gasteiger partial charge in [0.05, 0.1) is 0 Å². The molecule has 0 saturated carbocycles. The Bertz CT molecular complexity index is 367. The second-order valence-corrected chi connectivity index (χ2v) is 5.18. The van der Waals surface area contributed by atoms with E-state index in [4.69, 9.17) is 0 Å². The Balaban J connectivity index is 2.26. The third-order valence-corrected chi connectivity index (χ3v) is 3.78. The zero-order valence-electron chi connectivity index (χ0n) is 10.3. The van der Waals surface area contributed by atoms with Gasteiger partial charge in [-0.25, -0.2) is 0 Å². The molecular weight excluding hydrogens is 200 g/mol. The molecule has 1 aliphatic heterocycles. The first-order chi connectivity index (χ1) is 7.53. The molecule has 0 spiro atoms. The van der Waals surface area contributed by atoms with Gasteiger partial charge >= 0.3 is 0 Å². The van der Waals surface area contributed by atoms with Crippen LogP contribution in [-0.4, -0.2) is 28.4 Å². The second kappa shape index (κ2) is 3.96. The number of hydrogen-bond acceptors (Lipinski definition) is 1. The molecule has 1 aromatic heterocycles. The van der Waals surface area contributed by atoms with Crippen molar-refractivity contribution in [2.45, 2.75) is 45.1 Å². The third-order valence-electron chi connectivity index (χ3n) is 3.78. The predicted molar refractivity (Wildman–Crippen MR) is 64.2 cm³/mol. The minimum Gasteiger partial charge on any atom is -0.364 e. The van der Waals surface area contributed by atoms with E-state index in [2.05, 4.69) is 24.9 Å². The number of aromatic nitrogens is 1. The molecule has 1 unspecified atom stereocenters. The van der Waals surface area contributed by atoms with Crippen LogP contribution in [0.4, 0.5) is 0 Å². The maximum Gasteiger partial charge on any atom is 0.219 e. The molecule has 16 heavy (non-hydrogen) atoms. The molecule has 2 heterocycles. The summed E-state index contributed by atoms with van der Waals surface area (Å²) in [6.45, 7) is 7.00. The summed E-state index contributed by atoms with van der Waals surface area (Å²) < 4.78 is 0. The first-order valence-corrected chi connectivity index (χ1v) is 5.94. The van der Waals surface area contributed by atoms with Crippen LogP contribution in [0.25, 0.3) is 0 Å². The Hall–Kier alpha value is -1.25. The molecule has 1 atom stereocenters. The summed E-state index contributed by atoms with van der Waals surface area (Å²) in [7, 11) is 0. The van der Waals surface area contributed by atoms with Gasteiger partial charge in [-0.2, -0.15) is 0 Å². The number of rotatable bonds is 2. The molecule has 0 aromatic carbocycles. The Morgan fingerprint density at radius 1 is 1.56 bits per heavy atom. The molecule has 3 nitrogen and oxygen atoms in total. The normalized spacial score (nSPS) is 21.4. The van der Waals surface area contributed by atoms with E-state index in [0.29, 0.717) is 6.04 Å². The van der Waals surface area contributed by atoms with Crippen LogP contribution in [0, 0.1) is 0 Å². The van der Waals surface area contributed by atoms with Crippen molar-refractivity contribution in [1.82, 2.24) is 9.88 Å². The number of H-pyrrole nitrogens is 1. The number of carbonyl (C=O) groups is 1. The molecule has 0 bridgehead atoms. The number of nitrogens with one attached hydrogen (secondary N) is 1. The zero-order chi connectivity index (χ0) is 11.8. The highest BCUT2D eigenvalue weighted by molar-refractivity contribution is 5.74. The van der Waals surface area contributed by atoms with Crippen LogP contribution in [0.15, 0.2) is 18.3 Å². The molecule has 1 fully saturated rings. The first kappa shape index (κ1) is 11.2. The van der Waals surface area contributed by atoms with E-state index in [9.17, 15) is 4.79 Å². The summed E-state index contributed by atoms with van der Waals surface area (Å²) in [5, 5.41) is 0. The monoisotopic (exact) mass is 220 g/mol. The fraction of sp³-hybridized carbons (Fsp3) is 0.615. The average molecular weight is 220 g/mol. The Morgan fingerprint density at radius 3 is 2.88 bits per heavy atom. The van der Waals surface area contributed by atoms with Crippen molar-refractivity contribution in [3.05, 3.63) is 24.0 Å². The third kappa shape index (κ3) is 1.75. The molecule has 1 aromatic rings. The van der Waals surface area contributed by atoms with E-state index in [0.717, 1.165) is 19.4 Å². The lowest BCUT2D eigenvalue weighted by molar-refractivity contribution is -0.130. The lowest BCUT2D eigenvalue weighted by Crippen LogP contribution is -2.46. The molecule has 2 rings (SSSR count). The molecule has 0 radical (unpaired) electrons. The predicted octanol–water partition coefficient (Wildman–Crippen LogP) is 2.30. The largest absolute Gasteiger partial charge is 0.364 e. The van der Waals surface area contributed by atoms with Crippen molar-refractivity contribution < 1.29 is 4.79 Å². The van der Waals surface area contributed by atoms with Gasteiger partial charge < -0.3 is 9.88 Å². The number of likely N-dealkylation sites (tertiary alicyclic amines) is 1.